The van der Waals surface area contributed by atoms with E-state index in [0.717, 1.165) is 29.4 Å². The molecule has 2 fully saturated rings. The van der Waals surface area contributed by atoms with Gasteiger partial charge in [0, 0.05) is 12.1 Å². The third kappa shape index (κ3) is 3.43. The van der Waals surface area contributed by atoms with E-state index in [2.05, 4.69) is 24.1 Å². The predicted octanol–water partition coefficient (Wildman–Crippen LogP) is 4.17. The van der Waals surface area contributed by atoms with Crippen LogP contribution in [-0.2, 0) is 9.53 Å². The molecule has 2 bridgehead atoms. The maximum absolute atomic E-state index is 12.7. The molecule has 2 aromatic rings. The zero-order chi connectivity index (χ0) is 18.1. The SMILES string of the molecule is CCC(Oc1ccc2ccccc2c1)C(=O)OC1C[C@H]2CC[C@@H](C1)N2C. The highest BCUT2D eigenvalue weighted by atomic mass is 16.6. The van der Waals surface area contributed by atoms with Crippen molar-refractivity contribution in [3.63, 3.8) is 0 Å². The van der Waals surface area contributed by atoms with Crippen LogP contribution in [0, 0.1) is 0 Å². The highest BCUT2D eigenvalue weighted by Gasteiger charge is 2.40. The summed E-state index contributed by atoms with van der Waals surface area (Å²) >= 11 is 0. The fourth-order valence-corrected chi connectivity index (χ4v) is 4.40. The topological polar surface area (TPSA) is 38.8 Å². The Morgan fingerprint density at radius 1 is 1.12 bits per heavy atom. The van der Waals surface area contributed by atoms with Gasteiger partial charge in [0.15, 0.2) is 6.10 Å². The lowest BCUT2D eigenvalue weighted by molar-refractivity contribution is -0.160. The van der Waals surface area contributed by atoms with Crippen molar-refractivity contribution in [2.75, 3.05) is 7.05 Å². The molecule has 0 aliphatic carbocycles. The van der Waals surface area contributed by atoms with E-state index < -0.39 is 6.10 Å². The van der Waals surface area contributed by atoms with E-state index in [1.807, 2.05) is 37.3 Å². The Bertz CT molecular complexity index is 776. The number of rotatable bonds is 5. The largest absolute Gasteiger partial charge is 0.479 e. The van der Waals surface area contributed by atoms with E-state index in [9.17, 15) is 4.79 Å². The highest BCUT2D eigenvalue weighted by Crippen LogP contribution is 2.35. The quantitative estimate of drug-likeness (QED) is 0.757. The highest BCUT2D eigenvalue weighted by molar-refractivity contribution is 5.84. The van der Waals surface area contributed by atoms with Crippen molar-refractivity contribution < 1.29 is 14.3 Å². The average Bonchev–Trinajstić information content (AvgIpc) is 2.86. The van der Waals surface area contributed by atoms with E-state index in [0.29, 0.717) is 18.5 Å². The minimum absolute atomic E-state index is 0.0328. The second-order valence-electron chi connectivity index (χ2n) is 7.60. The van der Waals surface area contributed by atoms with Gasteiger partial charge in [-0.25, -0.2) is 4.79 Å². The number of fused-ring (bicyclic) bond motifs is 3. The molecule has 0 saturated carbocycles. The molecule has 4 atom stereocenters. The monoisotopic (exact) mass is 353 g/mol. The van der Waals surface area contributed by atoms with Gasteiger partial charge in [-0.15, -0.1) is 0 Å². The van der Waals surface area contributed by atoms with Gasteiger partial charge in [-0.1, -0.05) is 37.3 Å². The van der Waals surface area contributed by atoms with Crippen LogP contribution >= 0.6 is 0 Å². The summed E-state index contributed by atoms with van der Waals surface area (Å²) in [6, 6.07) is 15.2. The van der Waals surface area contributed by atoms with Crippen LogP contribution in [0.1, 0.15) is 39.0 Å². The summed E-state index contributed by atoms with van der Waals surface area (Å²) in [7, 11) is 2.19. The fraction of sp³-hybridized carbons (Fsp3) is 0.500. The lowest BCUT2D eigenvalue weighted by Crippen LogP contribution is -2.44. The van der Waals surface area contributed by atoms with Gasteiger partial charge in [-0.05, 0) is 62.1 Å². The molecule has 0 amide bonds. The maximum atomic E-state index is 12.7. The van der Waals surface area contributed by atoms with Gasteiger partial charge in [0.25, 0.3) is 0 Å². The lowest BCUT2D eigenvalue weighted by Gasteiger charge is -2.36. The third-order valence-electron chi connectivity index (χ3n) is 5.97. The number of benzene rings is 2. The summed E-state index contributed by atoms with van der Waals surface area (Å²) in [4.78, 5) is 15.1. The van der Waals surface area contributed by atoms with Gasteiger partial charge in [-0.2, -0.15) is 0 Å². The Kier molecular flexibility index (Phi) is 4.86. The van der Waals surface area contributed by atoms with Crippen molar-refractivity contribution >= 4 is 16.7 Å². The van der Waals surface area contributed by atoms with Crippen LogP contribution in [0.15, 0.2) is 42.5 Å². The summed E-state index contributed by atoms with van der Waals surface area (Å²) in [6.07, 6.45) is 4.43. The number of nitrogens with zero attached hydrogens (tertiary/aromatic N) is 1. The van der Waals surface area contributed by atoms with Crippen LogP contribution in [0.2, 0.25) is 0 Å². The molecule has 2 aromatic carbocycles. The zero-order valence-corrected chi connectivity index (χ0v) is 15.6. The van der Waals surface area contributed by atoms with E-state index in [1.54, 1.807) is 0 Å². The molecule has 0 spiro atoms. The number of piperidine rings is 1. The van der Waals surface area contributed by atoms with Gasteiger partial charge in [0.2, 0.25) is 0 Å². The third-order valence-corrected chi connectivity index (χ3v) is 5.97. The summed E-state index contributed by atoms with van der Waals surface area (Å²) < 4.78 is 11.8. The van der Waals surface area contributed by atoms with Crippen LogP contribution in [0.25, 0.3) is 10.8 Å². The average molecular weight is 353 g/mol. The molecule has 4 nitrogen and oxygen atoms in total. The molecule has 2 aliphatic heterocycles. The molecule has 4 heteroatoms. The molecule has 26 heavy (non-hydrogen) atoms. The minimum Gasteiger partial charge on any atom is -0.479 e. The van der Waals surface area contributed by atoms with Crippen LogP contribution in [0.4, 0.5) is 0 Å². The number of hydrogen-bond acceptors (Lipinski definition) is 4. The van der Waals surface area contributed by atoms with E-state index in [1.165, 1.54) is 12.8 Å². The van der Waals surface area contributed by atoms with Crippen molar-refractivity contribution in [2.45, 2.75) is 63.3 Å². The zero-order valence-electron chi connectivity index (χ0n) is 15.6. The molecule has 0 aromatic heterocycles. The van der Waals surface area contributed by atoms with Crippen molar-refractivity contribution in [2.24, 2.45) is 0 Å². The first kappa shape index (κ1) is 17.3. The minimum atomic E-state index is -0.548. The molecule has 0 N–H and O–H groups in total. The molecular weight excluding hydrogens is 326 g/mol. The predicted molar refractivity (Wildman–Crippen MR) is 102 cm³/mol. The van der Waals surface area contributed by atoms with Crippen molar-refractivity contribution in [1.29, 1.82) is 0 Å². The van der Waals surface area contributed by atoms with Gasteiger partial charge in [0.1, 0.15) is 11.9 Å². The molecule has 2 unspecified atom stereocenters. The normalized spacial score (nSPS) is 26.6. The van der Waals surface area contributed by atoms with Crippen LogP contribution in [0.3, 0.4) is 0 Å². The Balaban J connectivity index is 1.40. The van der Waals surface area contributed by atoms with Gasteiger partial charge in [0.05, 0.1) is 0 Å². The number of carbonyl (C=O) groups excluding carboxylic acids is 1. The van der Waals surface area contributed by atoms with Gasteiger partial charge in [-0.3, -0.25) is 0 Å². The number of carbonyl (C=O) groups is 1. The lowest BCUT2D eigenvalue weighted by atomic mass is 10.0. The van der Waals surface area contributed by atoms with E-state index >= 15 is 0 Å². The Morgan fingerprint density at radius 2 is 1.81 bits per heavy atom. The summed E-state index contributed by atoms with van der Waals surface area (Å²) in [5, 5.41) is 2.28. The van der Waals surface area contributed by atoms with Crippen LogP contribution < -0.4 is 4.74 Å². The molecule has 2 saturated heterocycles. The summed E-state index contributed by atoms with van der Waals surface area (Å²) in [5.74, 6) is 0.491. The maximum Gasteiger partial charge on any atom is 0.347 e. The van der Waals surface area contributed by atoms with Gasteiger partial charge >= 0.3 is 5.97 Å². The first-order valence-corrected chi connectivity index (χ1v) is 9.72. The second kappa shape index (κ2) is 7.28. The Hall–Kier alpha value is -2.07. The molecule has 0 radical (unpaired) electrons. The molecular formula is C22H27NO3. The van der Waals surface area contributed by atoms with Crippen molar-refractivity contribution in [1.82, 2.24) is 4.90 Å². The number of hydrogen-bond donors (Lipinski definition) is 0. The van der Waals surface area contributed by atoms with E-state index in [-0.39, 0.29) is 12.1 Å². The molecule has 2 heterocycles. The van der Waals surface area contributed by atoms with E-state index in [4.69, 9.17) is 9.47 Å². The Morgan fingerprint density at radius 3 is 2.50 bits per heavy atom. The number of ether oxygens (including phenoxy) is 2. The number of esters is 1. The fourth-order valence-electron chi connectivity index (χ4n) is 4.40. The molecule has 4 rings (SSSR count). The van der Waals surface area contributed by atoms with Crippen molar-refractivity contribution in [3.05, 3.63) is 42.5 Å². The standard InChI is InChI=1S/C22H27NO3/c1-3-21(25-19-11-8-15-6-4-5-7-16(15)12-19)22(24)26-20-13-17-9-10-18(14-20)23(17)2/h4-8,11-12,17-18,20-21H,3,9-10,13-14H2,1-2H3/t17-,18+,20?,21?. The molecule has 2 aliphatic rings. The first-order chi connectivity index (χ1) is 12.6. The Labute approximate surface area is 155 Å². The van der Waals surface area contributed by atoms with Crippen LogP contribution in [-0.4, -0.2) is 42.2 Å². The summed E-state index contributed by atoms with van der Waals surface area (Å²) in [6.45, 7) is 1.96. The molecule has 138 valence electrons. The summed E-state index contributed by atoms with van der Waals surface area (Å²) in [5.41, 5.74) is 0. The van der Waals surface area contributed by atoms with Crippen LogP contribution in [0.5, 0.6) is 5.75 Å². The van der Waals surface area contributed by atoms with Crippen molar-refractivity contribution in [3.8, 4) is 5.75 Å². The second-order valence-corrected chi connectivity index (χ2v) is 7.60. The van der Waals surface area contributed by atoms with Gasteiger partial charge < -0.3 is 14.4 Å². The smallest absolute Gasteiger partial charge is 0.347 e. The first-order valence-electron chi connectivity index (χ1n) is 9.72.